The Morgan fingerprint density at radius 3 is 3.00 bits per heavy atom. The van der Waals surface area contributed by atoms with E-state index in [9.17, 15) is 4.79 Å². The number of benzene rings is 1. The van der Waals surface area contributed by atoms with Crippen molar-refractivity contribution in [3.05, 3.63) is 41.9 Å². The van der Waals surface area contributed by atoms with Gasteiger partial charge in [0.05, 0.1) is 22.6 Å². The lowest BCUT2D eigenvalue weighted by Crippen LogP contribution is -2.12. The minimum absolute atomic E-state index is 0.201. The SMILES string of the molecule is CCc1nn(C)cc1NC(=O)c1cc2cccc(N)c2[nH]1. The standard InChI is InChI=1S/C15H17N5O/c1-3-11-13(8-20(2)19-11)18-15(21)12-7-9-5-4-6-10(16)14(9)17-12/h4-8,17H,3,16H2,1-2H3,(H,18,21). The second-order valence-electron chi connectivity index (χ2n) is 4.97. The molecule has 0 spiro atoms. The first-order valence-corrected chi connectivity index (χ1v) is 6.79. The summed E-state index contributed by atoms with van der Waals surface area (Å²) < 4.78 is 1.69. The van der Waals surface area contributed by atoms with E-state index >= 15 is 0 Å². The Labute approximate surface area is 121 Å². The molecule has 0 aliphatic rings. The molecule has 0 aliphatic heterocycles. The molecule has 0 saturated carbocycles. The number of carbonyl (C=O) groups excluding carboxylic acids is 1. The van der Waals surface area contributed by atoms with Crippen LogP contribution in [0.15, 0.2) is 30.5 Å². The summed E-state index contributed by atoms with van der Waals surface area (Å²) in [6.45, 7) is 2.00. The summed E-state index contributed by atoms with van der Waals surface area (Å²) in [5, 5.41) is 8.11. The van der Waals surface area contributed by atoms with Crippen molar-refractivity contribution in [3.8, 4) is 0 Å². The topological polar surface area (TPSA) is 88.7 Å². The van der Waals surface area contributed by atoms with Gasteiger partial charge in [0.1, 0.15) is 5.69 Å². The van der Waals surface area contributed by atoms with E-state index in [-0.39, 0.29) is 5.91 Å². The molecule has 6 heteroatoms. The van der Waals surface area contributed by atoms with E-state index < -0.39 is 0 Å². The van der Waals surface area contributed by atoms with Gasteiger partial charge >= 0.3 is 0 Å². The minimum Gasteiger partial charge on any atom is -0.397 e. The highest BCUT2D eigenvalue weighted by Gasteiger charge is 2.14. The summed E-state index contributed by atoms with van der Waals surface area (Å²) in [7, 11) is 1.83. The Morgan fingerprint density at radius 2 is 2.29 bits per heavy atom. The molecular weight excluding hydrogens is 266 g/mol. The van der Waals surface area contributed by atoms with Gasteiger partial charge < -0.3 is 16.0 Å². The average molecular weight is 283 g/mol. The number of nitrogens with one attached hydrogen (secondary N) is 2. The van der Waals surface area contributed by atoms with Crippen LogP contribution in [0.2, 0.25) is 0 Å². The number of rotatable bonds is 3. The zero-order valence-electron chi connectivity index (χ0n) is 12.0. The Kier molecular flexibility index (Phi) is 3.13. The summed E-state index contributed by atoms with van der Waals surface area (Å²) in [5.41, 5.74) is 9.38. The van der Waals surface area contributed by atoms with Crippen LogP contribution in [0.1, 0.15) is 23.1 Å². The van der Waals surface area contributed by atoms with Gasteiger partial charge in [-0.3, -0.25) is 9.48 Å². The van der Waals surface area contributed by atoms with Gasteiger partial charge in [0.2, 0.25) is 0 Å². The summed E-state index contributed by atoms with van der Waals surface area (Å²) in [5.74, 6) is -0.201. The number of H-pyrrole nitrogens is 1. The van der Waals surface area contributed by atoms with Crippen LogP contribution in [-0.2, 0) is 13.5 Å². The molecule has 6 nitrogen and oxygen atoms in total. The van der Waals surface area contributed by atoms with Crippen LogP contribution in [0.5, 0.6) is 0 Å². The minimum atomic E-state index is -0.201. The van der Waals surface area contributed by atoms with Gasteiger partial charge in [0, 0.05) is 18.6 Å². The van der Waals surface area contributed by atoms with Gasteiger partial charge in [-0.05, 0) is 18.6 Å². The van der Waals surface area contributed by atoms with Crippen molar-refractivity contribution < 1.29 is 4.79 Å². The largest absolute Gasteiger partial charge is 0.397 e. The molecular formula is C15H17N5O. The zero-order chi connectivity index (χ0) is 15.0. The predicted molar refractivity (Wildman–Crippen MR) is 83.3 cm³/mol. The molecule has 0 atom stereocenters. The third-order valence-electron chi connectivity index (χ3n) is 3.42. The maximum absolute atomic E-state index is 12.4. The van der Waals surface area contributed by atoms with Crippen molar-refractivity contribution in [3.63, 3.8) is 0 Å². The lowest BCUT2D eigenvalue weighted by atomic mass is 10.2. The molecule has 108 valence electrons. The van der Waals surface area contributed by atoms with Crippen LogP contribution in [-0.4, -0.2) is 20.7 Å². The summed E-state index contributed by atoms with van der Waals surface area (Å²) >= 11 is 0. The van der Waals surface area contributed by atoms with E-state index in [0.29, 0.717) is 11.4 Å². The van der Waals surface area contributed by atoms with Gasteiger partial charge in [-0.15, -0.1) is 0 Å². The lowest BCUT2D eigenvalue weighted by Gasteiger charge is -2.02. The van der Waals surface area contributed by atoms with E-state index in [4.69, 9.17) is 5.73 Å². The van der Waals surface area contributed by atoms with Crippen LogP contribution < -0.4 is 11.1 Å². The number of para-hydroxylation sites is 1. The van der Waals surface area contributed by atoms with Crippen molar-refractivity contribution >= 4 is 28.2 Å². The van der Waals surface area contributed by atoms with Gasteiger partial charge in [-0.2, -0.15) is 5.10 Å². The van der Waals surface area contributed by atoms with Crippen LogP contribution in [0.3, 0.4) is 0 Å². The van der Waals surface area contributed by atoms with E-state index in [1.54, 1.807) is 23.0 Å². The van der Waals surface area contributed by atoms with Crippen LogP contribution >= 0.6 is 0 Å². The first-order chi connectivity index (χ1) is 10.1. The zero-order valence-corrected chi connectivity index (χ0v) is 12.0. The monoisotopic (exact) mass is 283 g/mol. The molecule has 0 bridgehead atoms. The van der Waals surface area contributed by atoms with Gasteiger partial charge in [-0.25, -0.2) is 0 Å². The van der Waals surface area contributed by atoms with Gasteiger partial charge in [0.15, 0.2) is 0 Å². The predicted octanol–water partition coefficient (Wildman–Crippen LogP) is 2.30. The number of nitrogens with zero attached hydrogens (tertiary/aromatic N) is 2. The van der Waals surface area contributed by atoms with E-state index in [0.717, 1.165) is 28.7 Å². The highest BCUT2D eigenvalue weighted by molar-refractivity contribution is 6.07. The number of hydrogen-bond acceptors (Lipinski definition) is 3. The number of nitrogen functional groups attached to an aromatic ring is 1. The molecule has 0 unspecified atom stereocenters. The quantitative estimate of drug-likeness (QED) is 0.644. The molecule has 0 radical (unpaired) electrons. The Bertz CT molecular complexity index is 815. The van der Waals surface area contributed by atoms with E-state index in [1.165, 1.54) is 0 Å². The molecule has 1 aromatic carbocycles. The van der Waals surface area contributed by atoms with E-state index in [2.05, 4.69) is 15.4 Å². The average Bonchev–Trinajstić information content (AvgIpc) is 3.03. The first-order valence-electron chi connectivity index (χ1n) is 6.79. The number of aryl methyl sites for hydroxylation is 2. The van der Waals surface area contributed by atoms with Crippen molar-refractivity contribution in [1.29, 1.82) is 0 Å². The lowest BCUT2D eigenvalue weighted by molar-refractivity contribution is 0.102. The second kappa shape index (κ2) is 4.97. The summed E-state index contributed by atoms with van der Waals surface area (Å²) in [4.78, 5) is 15.4. The number of aromatic nitrogens is 3. The molecule has 2 heterocycles. The number of carbonyl (C=O) groups is 1. The van der Waals surface area contributed by atoms with Crippen molar-refractivity contribution in [2.24, 2.45) is 7.05 Å². The summed E-state index contributed by atoms with van der Waals surface area (Å²) in [6, 6.07) is 7.38. The normalized spacial score (nSPS) is 11.0. The van der Waals surface area contributed by atoms with Crippen molar-refractivity contribution in [1.82, 2.24) is 14.8 Å². The maximum atomic E-state index is 12.4. The number of aromatic amines is 1. The first kappa shape index (κ1) is 13.2. The fourth-order valence-corrected chi connectivity index (χ4v) is 2.39. The van der Waals surface area contributed by atoms with Gasteiger partial charge in [0.25, 0.3) is 5.91 Å². The van der Waals surface area contributed by atoms with Crippen molar-refractivity contribution in [2.75, 3.05) is 11.1 Å². The third kappa shape index (κ3) is 2.35. The highest BCUT2D eigenvalue weighted by atomic mass is 16.1. The van der Waals surface area contributed by atoms with Crippen LogP contribution in [0.25, 0.3) is 10.9 Å². The molecule has 0 aliphatic carbocycles. The molecule has 0 saturated heterocycles. The molecule has 3 aromatic rings. The Hall–Kier alpha value is -2.76. The number of amides is 1. The fourth-order valence-electron chi connectivity index (χ4n) is 2.39. The molecule has 4 N–H and O–H groups in total. The molecule has 2 aromatic heterocycles. The van der Waals surface area contributed by atoms with Crippen molar-refractivity contribution in [2.45, 2.75) is 13.3 Å². The number of hydrogen-bond donors (Lipinski definition) is 3. The van der Waals surface area contributed by atoms with Crippen LogP contribution in [0, 0.1) is 0 Å². The number of fused-ring (bicyclic) bond motifs is 1. The smallest absolute Gasteiger partial charge is 0.272 e. The molecule has 3 rings (SSSR count). The Morgan fingerprint density at radius 1 is 1.48 bits per heavy atom. The molecule has 0 fully saturated rings. The number of anilines is 2. The highest BCUT2D eigenvalue weighted by Crippen LogP contribution is 2.22. The molecule has 1 amide bonds. The summed E-state index contributed by atoms with van der Waals surface area (Å²) in [6.07, 6.45) is 2.56. The van der Waals surface area contributed by atoms with E-state index in [1.807, 2.05) is 26.1 Å². The fraction of sp³-hybridized carbons (Fsp3) is 0.200. The number of nitrogens with two attached hydrogens (primary N) is 1. The third-order valence-corrected chi connectivity index (χ3v) is 3.42. The molecule has 21 heavy (non-hydrogen) atoms. The second-order valence-corrected chi connectivity index (χ2v) is 4.97. The maximum Gasteiger partial charge on any atom is 0.272 e. The van der Waals surface area contributed by atoms with Crippen LogP contribution in [0.4, 0.5) is 11.4 Å². The Balaban J connectivity index is 1.91. The van der Waals surface area contributed by atoms with Gasteiger partial charge in [-0.1, -0.05) is 19.1 Å².